The zero-order valence-corrected chi connectivity index (χ0v) is 17.7. The summed E-state index contributed by atoms with van der Waals surface area (Å²) >= 11 is 6.85. The summed E-state index contributed by atoms with van der Waals surface area (Å²) in [5.41, 5.74) is 2.52. The highest BCUT2D eigenvalue weighted by Gasteiger charge is 2.07. The minimum atomic E-state index is 0.0912. The van der Waals surface area contributed by atoms with Gasteiger partial charge < -0.3 is 15.4 Å². The molecular weight excluding hydrogens is 400 g/mol. The number of carbonyl (C=O) groups is 1. The lowest BCUT2D eigenvalue weighted by Crippen LogP contribution is -2.18. The van der Waals surface area contributed by atoms with Gasteiger partial charge in [0.1, 0.15) is 5.75 Å². The van der Waals surface area contributed by atoms with Crippen LogP contribution in [0.3, 0.4) is 0 Å². The maximum absolute atomic E-state index is 12.4. The first-order valence-corrected chi connectivity index (χ1v) is 10.7. The van der Waals surface area contributed by atoms with E-state index in [1.165, 1.54) is 11.8 Å². The predicted octanol–water partition coefficient (Wildman–Crippen LogP) is 5.87. The normalized spacial score (nSPS) is 10.2. The lowest BCUT2D eigenvalue weighted by Gasteiger charge is -2.11. The zero-order chi connectivity index (χ0) is 20.5. The molecule has 2 N–H and O–H groups in total. The molecule has 0 aliphatic carbocycles. The number of para-hydroxylation sites is 1. The fourth-order valence-corrected chi connectivity index (χ4v) is 3.61. The third-order valence-corrected chi connectivity index (χ3v) is 5.22. The number of thiocarbonyl (C=S) groups is 1. The van der Waals surface area contributed by atoms with Gasteiger partial charge in [0.25, 0.3) is 0 Å². The Bertz CT molecular complexity index is 943. The van der Waals surface area contributed by atoms with Crippen molar-refractivity contribution in [1.82, 2.24) is 0 Å². The maximum atomic E-state index is 12.4. The van der Waals surface area contributed by atoms with E-state index in [-0.39, 0.29) is 5.78 Å². The van der Waals surface area contributed by atoms with Crippen molar-refractivity contribution in [2.24, 2.45) is 0 Å². The molecule has 148 valence electrons. The lowest BCUT2D eigenvalue weighted by atomic mass is 10.1. The molecule has 0 heterocycles. The van der Waals surface area contributed by atoms with Gasteiger partial charge in [-0.05, 0) is 79.8 Å². The van der Waals surface area contributed by atoms with E-state index in [2.05, 4.69) is 10.6 Å². The summed E-state index contributed by atoms with van der Waals surface area (Å²) in [6.07, 6.45) is 0. The fraction of sp³-hybridized carbons (Fsp3) is 0.130. The molecule has 0 atom stereocenters. The quantitative estimate of drug-likeness (QED) is 0.269. The Morgan fingerprint density at radius 2 is 1.52 bits per heavy atom. The van der Waals surface area contributed by atoms with Crippen molar-refractivity contribution in [2.75, 3.05) is 23.0 Å². The Morgan fingerprint density at radius 1 is 0.897 bits per heavy atom. The van der Waals surface area contributed by atoms with Crippen LogP contribution in [0.15, 0.2) is 83.8 Å². The van der Waals surface area contributed by atoms with Gasteiger partial charge >= 0.3 is 0 Å². The summed E-state index contributed by atoms with van der Waals surface area (Å²) in [7, 11) is 0. The van der Waals surface area contributed by atoms with E-state index in [0.29, 0.717) is 23.0 Å². The summed E-state index contributed by atoms with van der Waals surface area (Å²) in [5, 5.41) is 6.82. The van der Waals surface area contributed by atoms with Gasteiger partial charge in [-0.25, -0.2) is 0 Å². The Hall–Kier alpha value is -2.83. The van der Waals surface area contributed by atoms with Gasteiger partial charge in [0.2, 0.25) is 0 Å². The minimum Gasteiger partial charge on any atom is -0.494 e. The Kier molecular flexibility index (Phi) is 7.67. The van der Waals surface area contributed by atoms with Gasteiger partial charge in [-0.3, -0.25) is 4.79 Å². The molecule has 3 rings (SSSR count). The van der Waals surface area contributed by atoms with Crippen molar-refractivity contribution < 1.29 is 9.53 Å². The maximum Gasteiger partial charge on any atom is 0.175 e. The van der Waals surface area contributed by atoms with Crippen molar-refractivity contribution in [1.29, 1.82) is 0 Å². The van der Waals surface area contributed by atoms with Gasteiger partial charge in [0, 0.05) is 21.8 Å². The minimum absolute atomic E-state index is 0.0912. The molecule has 6 heteroatoms. The molecule has 3 aromatic carbocycles. The summed E-state index contributed by atoms with van der Waals surface area (Å²) < 4.78 is 5.41. The van der Waals surface area contributed by atoms with Crippen molar-refractivity contribution >= 4 is 46.3 Å². The highest BCUT2D eigenvalue weighted by Crippen LogP contribution is 2.22. The van der Waals surface area contributed by atoms with Crippen LogP contribution < -0.4 is 15.4 Å². The van der Waals surface area contributed by atoms with E-state index in [1.807, 2.05) is 85.8 Å². The zero-order valence-electron chi connectivity index (χ0n) is 16.1. The molecular formula is C23H22N2O2S2. The number of rotatable bonds is 8. The monoisotopic (exact) mass is 422 g/mol. The van der Waals surface area contributed by atoms with Crippen molar-refractivity contribution in [3.8, 4) is 5.75 Å². The van der Waals surface area contributed by atoms with Gasteiger partial charge in [-0.15, -0.1) is 11.8 Å². The summed E-state index contributed by atoms with van der Waals surface area (Å²) in [5.74, 6) is 1.25. The molecule has 0 bridgehead atoms. The van der Waals surface area contributed by atoms with E-state index in [9.17, 15) is 4.79 Å². The lowest BCUT2D eigenvalue weighted by molar-refractivity contribution is 0.102. The number of Topliss-reactive ketones (excluding diaryl/α,β-unsaturated/α-hetero) is 1. The fourth-order valence-electron chi connectivity index (χ4n) is 2.59. The molecule has 0 saturated carbocycles. The number of anilines is 2. The number of nitrogens with one attached hydrogen (secondary N) is 2. The van der Waals surface area contributed by atoms with Crippen molar-refractivity contribution in [2.45, 2.75) is 11.8 Å². The smallest absolute Gasteiger partial charge is 0.175 e. The highest BCUT2D eigenvalue weighted by atomic mass is 32.2. The molecule has 0 spiro atoms. The highest BCUT2D eigenvalue weighted by molar-refractivity contribution is 8.00. The van der Waals surface area contributed by atoms with Gasteiger partial charge in [-0.1, -0.05) is 18.2 Å². The van der Waals surface area contributed by atoms with Crippen LogP contribution in [0.2, 0.25) is 0 Å². The third kappa shape index (κ3) is 6.62. The Morgan fingerprint density at radius 3 is 2.14 bits per heavy atom. The molecule has 0 amide bonds. The summed E-state index contributed by atoms with van der Waals surface area (Å²) in [6, 6.07) is 24.9. The van der Waals surface area contributed by atoms with E-state index in [1.54, 1.807) is 0 Å². The topological polar surface area (TPSA) is 50.4 Å². The first-order chi connectivity index (χ1) is 14.1. The number of ether oxygens (including phenoxy) is 1. The van der Waals surface area contributed by atoms with Crippen molar-refractivity contribution in [3.05, 3.63) is 84.4 Å². The first kappa shape index (κ1) is 20.9. The number of thioether (sulfide) groups is 1. The average Bonchev–Trinajstić information content (AvgIpc) is 2.74. The molecule has 29 heavy (non-hydrogen) atoms. The van der Waals surface area contributed by atoms with Gasteiger partial charge in [0.05, 0.1) is 12.4 Å². The van der Waals surface area contributed by atoms with E-state index < -0.39 is 0 Å². The standard InChI is InChI=1S/C23H22N2O2S2/c1-2-27-20-12-8-17(9-13-20)22(26)16-29-21-14-10-19(11-15-21)25-23(28)24-18-6-4-3-5-7-18/h3-15H,2,16H2,1H3,(H2,24,25,28). The molecule has 0 aliphatic heterocycles. The van der Waals surface area contributed by atoms with Crippen LogP contribution in [0, 0.1) is 0 Å². The second kappa shape index (κ2) is 10.6. The molecule has 0 unspecified atom stereocenters. The second-order valence-electron chi connectivity index (χ2n) is 6.14. The predicted molar refractivity (Wildman–Crippen MR) is 125 cm³/mol. The average molecular weight is 423 g/mol. The largest absolute Gasteiger partial charge is 0.494 e. The summed E-state index contributed by atoms with van der Waals surface area (Å²) in [6.45, 7) is 2.55. The summed E-state index contributed by atoms with van der Waals surface area (Å²) in [4.78, 5) is 13.4. The van der Waals surface area contributed by atoms with Gasteiger partial charge in [0.15, 0.2) is 10.9 Å². The number of hydrogen-bond donors (Lipinski definition) is 2. The van der Waals surface area contributed by atoms with Crippen LogP contribution in [-0.4, -0.2) is 23.3 Å². The molecule has 0 aromatic heterocycles. The van der Waals surface area contributed by atoms with Crippen LogP contribution in [0.5, 0.6) is 5.75 Å². The number of ketones is 1. The van der Waals surface area contributed by atoms with E-state index in [4.69, 9.17) is 17.0 Å². The van der Waals surface area contributed by atoms with E-state index >= 15 is 0 Å². The van der Waals surface area contributed by atoms with Crippen LogP contribution in [-0.2, 0) is 0 Å². The number of carbonyl (C=O) groups excluding carboxylic acids is 1. The third-order valence-electron chi connectivity index (χ3n) is 4.00. The first-order valence-electron chi connectivity index (χ1n) is 9.26. The van der Waals surface area contributed by atoms with Crippen LogP contribution >= 0.6 is 24.0 Å². The SMILES string of the molecule is CCOc1ccc(C(=O)CSc2ccc(NC(=S)Nc3ccccc3)cc2)cc1. The second-order valence-corrected chi connectivity index (χ2v) is 7.60. The Balaban J connectivity index is 1.48. The number of hydrogen-bond acceptors (Lipinski definition) is 4. The van der Waals surface area contributed by atoms with Crippen molar-refractivity contribution in [3.63, 3.8) is 0 Å². The van der Waals surface area contributed by atoms with Gasteiger partial charge in [-0.2, -0.15) is 0 Å². The Labute approximate surface area is 180 Å². The van der Waals surface area contributed by atoms with Crippen LogP contribution in [0.1, 0.15) is 17.3 Å². The van der Waals surface area contributed by atoms with Crippen LogP contribution in [0.4, 0.5) is 11.4 Å². The molecule has 3 aromatic rings. The molecule has 0 saturated heterocycles. The molecule has 4 nitrogen and oxygen atoms in total. The van der Waals surface area contributed by atoms with Crippen LogP contribution in [0.25, 0.3) is 0 Å². The molecule has 0 radical (unpaired) electrons. The van der Waals surface area contributed by atoms with E-state index in [0.717, 1.165) is 22.0 Å². The molecule has 0 aliphatic rings. The molecule has 0 fully saturated rings. The number of benzene rings is 3.